The number of hydrogen-bond acceptors (Lipinski definition) is 2. The molecule has 0 heterocycles. The molecule has 0 spiro atoms. The van der Waals surface area contributed by atoms with Crippen LogP contribution in [0.1, 0.15) is 17.0 Å². The number of hydrogen-bond donors (Lipinski definition) is 2. The summed E-state index contributed by atoms with van der Waals surface area (Å²) in [7, 11) is 1.68. The molecule has 1 atom stereocenters. The third-order valence-electron chi connectivity index (χ3n) is 3.23. The minimum atomic E-state index is -0.847. The number of aliphatic carboxylic acids is 1. The minimum Gasteiger partial charge on any atom is -0.480 e. The molecule has 0 aliphatic rings. The molecule has 0 unspecified atom stereocenters. The molecule has 0 saturated carbocycles. The number of carbonyl (C=O) groups is 1. The molecule has 2 N–H and O–H groups in total. The van der Waals surface area contributed by atoms with Crippen LogP contribution in [0.3, 0.4) is 0 Å². The zero-order chi connectivity index (χ0) is 13.7. The Morgan fingerprint density at radius 3 is 1.68 bits per heavy atom. The second kappa shape index (κ2) is 6.16. The summed E-state index contributed by atoms with van der Waals surface area (Å²) in [5.41, 5.74) is 1.99. The zero-order valence-electron chi connectivity index (χ0n) is 10.8. The normalized spacial score (nSPS) is 12.3. The van der Waals surface area contributed by atoms with Crippen molar-refractivity contribution >= 4 is 5.97 Å². The molecule has 98 valence electrons. The van der Waals surface area contributed by atoms with Gasteiger partial charge < -0.3 is 10.4 Å². The van der Waals surface area contributed by atoms with E-state index in [0.29, 0.717) is 0 Å². The van der Waals surface area contributed by atoms with Crippen molar-refractivity contribution in [3.63, 3.8) is 0 Å². The summed E-state index contributed by atoms with van der Waals surface area (Å²) in [6.45, 7) is 0. The number of carboxylic acid groups (broad SMARTS) is 1. The highest BCUT2D eigenvalue weighted by atomic mass is 16.4. The van der Waals surface area contributed by atoms with Gasteiger partial charge in [-0.05, 0) is 18.2 Å². The molecular formula is C16H17NO2. The molecule has 3 nitrogen and oxygen atoms in total. The lowest BCUT2D eigenvalue weighted by Crippen LogP contribution is -2.40. The Morgan fingerprint density at radius 2 is 1.37 bits per heavy atom. The van der Waals surface area contributed by atoms with Crippen LogP contribution in [0.5, 0.6) is 0 Å². The van der Waals surface area contributed by atoms with Gasteiger partial charge in [0.1, 0.15) is 6.04 Å². The Bertz CT molecular complexity index is 485. The molecule has 0 aromatic heterocycles. The SMILES string of the molecule is CN[C@H](C(=O)O)C(c1ccccc1)c1ccccc1. The molecule has 0 aliphatic carbocycles. The Kier molecular flexibility index (Phi) is 4.31. The Balaban J connectivity index is 2.48. The van der Waals surface area contributed by atoms with Gasteiger partial charge >= 0.3 is 5.97 Å². The van der Waals surface area contributed by atoms with E-state index in [0.717, 1.165) is 11.1 Å². The summed E-state index contributed by atoms with van der Waals surface area (Å²) < 4.78 is 0. The van der Waals surface area contributed by atoms with Crippen molar-refractivity contribution in [2.75, 3.05) is 7.05 Å². The summed E-state index contributed by atoms with van der Waals surface area (Å²) in [4.78, 5) is 11.5. The average Bonchev–Trinajstić information content (AvgIpc) is 2.46. The van der Waals surface area contributed by atoms with Crippen molar-refractivity contribution in [3.8, 4) is 0 Å². The lowest BCUT2D eigenvalue weighted by atomic mass is 9.85. The van der Waals surface area contributed by atoms with E-state index < -0.39 is 12.0 Å². The van der Waals surface area contributed by atoms with Gasteiger partial charge in [-0.25, -0.2) is 0 Å². The fourth-order valence-corrected chi connectivity index (χ4v) is 2.33. The monoisotopic (exact) mass is 255 g/mol. The van der Waals surface area contributed by atoms with Gasteiger partial charge in [-0.15, -0.1) is 0 Å². The van der Waals surface area contributed by atoms with E-state index in [4.69, 9.17) is 0 Å². The van der Waals surface area contributed by atoms with Crippen molar-refractivity contribution in [3.05, 3.63) is 71.8 Å². The summed E-state index contributed by atoms with van der Waals surface area (Å²) >= 11 is 0. The van der Waals surface area contributed by atoms with Gasteiger partial charge in [0.2, 0.25) is 0 Å². The molecular weight excluding hydrogens is 238 g/mol. The first kappa shape index (κ1) is 13.3. The Morgan fingerprint density at radius 1 is 0.947 bits per heavy atom. The van der Waals surface area contributed by atoms with Gasteiger partial charge in [-0.1, -0.05) is 60.7 Å². The van der Waals surface area contributed by atoms with Crippen molar-refractivity contribution in [1.29, 1.82) is 0 Å². The third-order valence-corrected chi connectivity index (χ3v) is 3.23. The van der Waals surface area contributed by atoms with Gasteiger partial charge in [-0.2, -0.15) is 0 Å². The van der Waals surface area contributed by atoms with E-state index in [1.165, 1.54) is 0 Å². The first-order valence-electron chi connectivity index (χ1n) is 6.24. The standard InChI is InChI=1S/C16H17NO2/c1-17-15(16(18)19)14(12-8-4-2-5-9-12)13-10-6-3-7-11-13/h2-11,14-15,17H,1H3,(H,18,19)/t15-/m0/s1. The fourth-order valence-electron chi connectivity index (χ4n) is 2.33. The van der Waals surface area contributed by atoms with Crippen LogP contribution >= 0.6 is 0 Å². The lowest BCUT2D eigenvalue weighted by molar-refractivity contribution is -0.139. The first-order chi connectivity index (χ1) is 9.24. The van der Waals surface area contributed by atoms with Crippen LogP contribution in [0.4, 0.5) is 0 Å². The van der Waals surface area contributed by atoms with Gasteiger partial charge in [0, 0.05) is 5.92 Å². The van der Waals surface area contributed by atoms with Gasteiger partial charge in [-0.3, -0.25) is 4.79 Å². The molecule has 2 aromatic carbocycles. The Labute approximate surface area is 112 Å². The van der Waals surface area contributed by atoms with Crippen LogP contribution < -0.4 is 5.32 Å². The minimum absolute atomic E-state index is 0.204. The number of likely N-dealkylation sites (N-methyl/N-ethyl adjacent to an activating group) is 1. The molecule has 0 amide bonds. The van der Waals surface area contributed by atoms with Crippen LogP contribution in [0.15, 0.2) is 60.7 Å². The average molecular weight is 255 g/mol. The molecule has 0 saturated heterocycles. The van der Waals surface area contributed by atoms with Crippen LogP contribution in [-0.4, -0.2) is 24.2 Å². The van der Waals surface area contributed by atoms with Crippen LogP contribution in [0.2, 0.25) is 0 Å². The van der Waals surface area contributed by atoms with Crippen LogP contribution in [0, 0.1) is 0 Å². The highest BCUT2D eigenvalue weighted by Gasteiger charge is 2.29. The predicted molar refractivity (Wildman–Crippen MR) is 75.2 cm³/mol. The van der Waals surface area contributed by atoms with Crippen molar-refractivity contribution in [1.82, 2.24) is 5.32 Å². The van der Waals surface area contributed by atoms with Gasteiger partial charge in [0.05, 0.1) is 0 Å². The summed E-state index contributed by atoms with van der Waals surface area (Å²) in [5, 5.41) is 12.3. The molecule has 0 radical (unpaired) electrons. The van der Waals surface area contributed by atoms with E-state index in [9.17, 15) is 9.90 Å². The quantitative estimate of drug-likeness (QED) is 0.863. The smallest absolute Gasteiger partial charge is 0.321 e. The fraction of sp³-hybridized carbons (Fsp3) is 0.188. The summed E-state index contributed by atoms with van der Waals surface area (Å²) in [6.07, 6.45) is 0. The lowest BCUT2D eigenvalue weighted by Gasteiger charge is -2.24. The molecule has 2 rings (SSSR count). The van der Waals surface area contributed by atoms with E-state index in [1.807, 2.05) is 60.7 Å². The van der Waals surface area contributed by atoms with Crippen LogP contribution in [0.25, 0.3) is 0 Å². The Hall–Kier alpha value is -2.13. The van der Waals surface area contributed by atoms with Crippen molar-refractivity contribution in [2.45, 2.75) is 12.0 Å². The van der Waals surface area contributed by atoms with Crippen molar-refractivity contribution < 1.29 is 9.90 Å². The van der Waals surface area contributed by atoms with Gasteiger partial charge in [0.25, 0.3) is 0 Å². The van der Waals surface area contributed by atoms with Gasteiger partial charge in [0.15, 0.2) is 0 Å². The van der Waals surface area contributed by atoms with E-state index >= 15 is 0 Å². The maximum Gasteiger partial charge on any atom is 0.321 e. The number of rotatable bonds is 5. The van der Waals surface area contributed by atoms with E-state index in [-0.39, 0.29) is 5.92 Å². The maximum atomic E-state index is 11.5. The third kappa shape index (κ3) is 3.01. The van der Waals surface area contributed by atoms with E-state index in [1.54, 1.807) is 7.05 Å². The number of nitrogens with one attached hydrogen (secondary N) is 1. The first-order valence-corrected chi connectivity index (χ1v) is 6.24. The second-order valence-electron chi connectivity index (χ2n) is 4.40. The van der Waals surface area contributed by atoms with E-state index in [2.05, 4.69) is 5.32 Å². The molecule has 19 heavy (non-hydrogen) atoms. The molecule has 3 heteroatoms. The zero-order valence-corrected chi connectivity index (χ0v) is 10.8. The maximum absolute atomic E-state index is 11.5. The topological polar surface area (TPSA) is 49.3 Å². The van der Waals surface area contributed by atoms with Crippen LogP contribution in [-0.2, 0) is 4.79 Å². The molecule has 0 bridgehead atoms. The molecule has 2 aromatic rings. The molecule has 0 fully saturated rings. The largest absolute Gasteiger partial charge is 0.480 e. The number of benzene rings is 2. The predicted octanol–water partition coefficient (Wildman–Crippen LogP) is 2.49. The highest BCUT2D eigenvalue weighted by molar-refractivity contribution is 5.76. The molecule has 0 aliphatic heterocycles. The van der Waals surface area contributed by atoms with Crippen molar-refractivity contribution in [2.24, 2.45) is 0 Å². The second-order valence-corrected chi connectivity index (χ2v) is 4.40. The summed E-state index contributed by atoms with van der Waals surface area (Å²) in [6, 6.07) is 18.8. The number of carboxylic acids is 1. The highest BCUT2D eigenvalue weighted by Crippen LogP contribution is 2.28. The summed E-state index contributed by atoms with van der Waals surface area (Å²) in [5.74, 6) is -1.05.